The third-order valence-corrected chi connectivity index (χ3v) is 7.40. The predicted molar refractivity (Wildman–Crippen MR) is 97.0 cm³/mol. The van der Waals surface area contributed by atoms with Crippen LogP contribution in [0.5, 0.6) is 0 Å². The monoisotopic (exact) mass is 393 g/mol. The van der Waals surface area contributed by atoms with Gasteiger partial charge in [-0.25, -0.2) is 12.7 Å². The van der Waals surface area contributed by atoms with E-state index in [1.807, 2.05) is 0 Å². The third kappa shape index (κ3) is 3.24. The Hall–Kier alpha value is -1.97. The van der Waals surface area contributed by atoms with Crippen LogP contribution in [-0.4, -0.2) is 62.9 Å². The van der Waals surface area contributed by atoms with E-state index >= 15 is 0 Å². The van der Waals surface area contributed by atoms with Crippen LogP contribution in [0.3, 0.4) is 0 Å². The summed E-state index contributed by atoms with van der Waals surface area (Å²) in [5.74, 6) is -0.883. The maximum absolute atomic E-state index is 12.7. The SMILES string of the molecule is COCCN1C(=O)c2ccc(C(=O)NC3CC4CCC(C3)N4)cc2S1(=O)=O. The number of hydrogen-bond acceptors (Lipinski definition) is 6. The van der Waals surface area contributed by atoms with Crippen molar-refractivity contribution >= 4 is 21.8 Å². The third-order valence-electron chi connectivity index (χ3n) is 5.58. The summed E-state index contributed by atoms with van der Waals surface area (Å²) in [6, 6.07) is 5.21. The van der Waals surface area contributed by atoms with Crippen LogP contribution >= 0.6 is 0 Å². The second-order valence-corrected chi connectivity index (χ2v) is 9.20. The predicted octanol–water partition coefficient (Wildman–Crippen LogP) is 0.490. The van der Waals surface area contributed by atoms with Crippen molar-refractivity contribution in [2.75, 3.05) is 20.3 Å². The maximum Gasteiger partial charge on any atom is 0.269 e. The Bertz CT molecular complexity index is 873. The van der Waals surface area contributed by atoms with Crippen LogP contribution in [0.1, 0.15) is 46.4 Å². The zero-order chi connectivity index (χ0) is 19.2. The molecule has 0 radical (unpaired) electrons. The Balaban J connectivity index is 1.53. The van der Waals surface area contributed by atoms with Crippen molar-refractivity contribution in [1.29, 1.82) is 0 Å². The number of ether oxygens (including phenoxy) is 1. The second kappa shape index (κ2) is 6.88. The Kier molecular flexibility index (Phi) is 4.69. The second-order valence-electron chi connectivity index (χ2n) is 7.37. The van der Waals surface area contributed by atoms with Gasteiger partial charge in [-0.3, -0.25) is 9.59 Å². The number of rotatable bonds is 5. The Morgan fingerprint density at radius 3 is 2.67 bits per heavy atom. The molecule has 0 saturated carbocycles. The highest BCUT2D eigenvalue weighted by molar-refractivity contribution is 7.90. The highest BCUT2D eigenvalue weighted by Gasteiger charge is 2.41. The lowest BCUT2D eigenvalue weighted by molar-refractivity contribution is 0.0835. The van der Waals surface area contributed by atoms with Crippen molar-refractivity contribution in [3.63, 3.8) is 0 Å². The molecule has 8 nitrogen and oxygen atoms in total. The van der Waals surface area contributed by atoms with Crippen LogP contribution in [0.2, 0.25) is 0 Å². The Morgan fingerprint density at radius 1 is 1.30 bits per heavy atom. The van der Waals surface area contributed by atoms with Gasteiger partial charge in [0.05, 0.1) is 18.7 Å². The van der Waals surface area contributed by atoms with E-state index in [9.17, 15) is 18.0 Å². The van der Waals surface area contributed by atoms with E-state index in [2.05, 4.69) is 10.6 Å². The molecule has 2 N–H and O–H groups in total. The largest absolute Gasteiger partial charge is 0.383 e. The lowest BCUT2D eigenvalue weighted by atomic mass is 9.99. The highest BCUT2D eigenvalue weighted by atomic mass is 32.2. The molecule has 4 rings (SSSR count). The smallest absolute Gasteiger partial charge is 0.269 e. The van der Waals surface area contributed by atoms with Gasteiger partial charge in [0, 0.05) is 30.8 Å². The minimum absolute atomic E-state index is 0.0499. The molecule has 0 aliphatic carbocycles. The van der Waals surface area contributed by atoms with E-state index in [0.717, 1.165) is 30.0 Å². The number of hydrogen-bond donors (Lipinski definition) is 2. The molecule has 27 heavy (non-hydrogen) atoms. The molecule has 2 saturated heterocycles. The zero-order valence-corrected chi connectivity index (χ0v) is 15.9. The molecule has 2 amide bonds. The molecule has 0 spiro atoms. The number of sulfonamides is 1. The number of methoxy groups -OCH3 is 1. The topological polar surface area (TPSA) is 105 Å². The summed E-state index contributed by atoms with van der Waals surface area (Å²) in [6.45, 7) is 0.0656. The van der Waals surface area contributed by atoms with Crippen molar-refractivity contribution in [3.05, 3.63) is 29.3 Å². The fraction of sp³-hybridized carbons (Fsp3) is 0.556. The molecule has 1 aromatic carbocycles. The number of nitrogens with zero attached hydrogens (tertiary/aromatic N) is 1. The fourth-order valence-corrected chi connectivity index (χ4v) is 5.83. The van der Waals surface area contributed by atoms with Gasteiger partial charge >= 0.3 is 0 Å². The van der Waals surface area contributed by atoms with Gasteiger partial charge in [0.25, 0.3) is 21.8 Å². The molecule has 2 fully saturated rings. The summed E-state index contributed by atoms with van der Waals surface area (Å²) >= 11 is 0. The van der Waals surface area contributed by atoms with Gasteiger partial charge < -0.3 is 15.4 Å². The van der Waals surface area contributed by atoms with Gasteiger partial charge in [-0.05, 0) is 43.9 Å². The maximum atomic E-state index is 12.7. The van der Waals surface area contributed by atoms with Crippen LogP contribution in [-0.2, 0) is 14.8 Å². The number of carbonyl (C=O) groups excluding carboxylic acids is 2. The number of fused-ring (bicyclic) bond motifs is 3. The first kappa shape index (κ1) is 18.4. The molecule has 9 heteroatoms. The molecular formula is C18H23N3O5S. The summed E-state index contributed by atoms with van der Waals surface area (Å²) in [5.41, 5.74) is 0.354. The summed E-state index contributed by atoms with van der Waals surface area (Å²) in [5, 5.41) is 6.54. The standard InChI is InChI=1S/C18H23N3O5S/c1-26-7-6-21-18(23)15-5-2-11(8-16(15)27(21,24)25)17(22)20-14-9-12-3-4-13(10-14)19-12/h2,5,8,12-14,19H,3-4,6-7,9-10H2,1H3,(H,20,22). The number of benzene rings is 1. The van der Waals surface area contributed by atoms with Crippen LogP contribution in [0.15, 0.2) is 23.1 Å². The van der Waals surface area contributed by atoms with Crippen molar-refractivity contribution in [2.45, 2.75) is 48.7 Å². The van der Waals surface area contributed by atoms with Crippen LogP contribution in [0.25, 0.3) is 0 Å². The minimum Gasteiger partial charge on any atom is -0.383 e. The highest BCUT2D eigenvalue weighted by Crippen LogP contribution is 2.31. The quantitative estimate of drug-likeness (QED) is 0.754. The van der Waals surface area contributed by atoms with Crippen molar-refractivity contribution in [3.8, 4) is 0 Å². The fourth-order valence-electron chi connectivity index (χ4n) is 4.26. The van der Waals surface area contributed by atoms with E-state index in [0.29, 0.717) is 12.1 Å². The molecule has 2 unspecified atom stereocenters. The first-order valence-electron chi connectivity index (χ1n) is 9.17. The lowest BCUT2D eigenvalue weighted by Gasteiger charge is -2.29. The molecule has 2 bridgehead atoms. The van der Waals surface area contributed by atoms with Gasteiger partial charge in [-0.1, -0.05) is 0 Å². The number of nitrogens with one attached hydrogen (secondary N) is 2. The molecule has 3 aliphatic heterocycles. The van der Waals surface area contributed by atoms with Gasteiger partial charge in [0.15, 0.2) is 0 Å². The first-order chi connectivity index (χ1) is 12.9. The molecule has 2 atom stereocenters. The lowest BCUT2D eigenvalue weighted by Crippen LogP contribution is -2.48. The molecule has 146 valence electrons. The van der Waals surface area contributed by atoms with Crippen molar-refractivity contribution in [1.82, 2.24) is 14.9 Å². The Morgan fingerprint density at radius 2 is 2.00 bits per heavy atom. The van der Waals surface area contributed by atoms with Gasteiger partial charge in [-0.15, -0.1) is 0 Å². The normalized spacial score (nSPS) is 28.3. The summed E-state index contributed by atoms with van der Waals surface area (Å²) in [6.07, 6.45) is 4.03. The summed E-state index contributed by atoms with van der Waals surface area (Å²) in [4.78, 5) is 24.9. The Labute approximate surface area is 158 Å². The van der Waals surface area contributed by atoms with Crippen molar-refractivity contribution < 1.29 is 22.7 Å². The van der Waals surface area contributed by atoms with E-state index < -0.39 is 15.9 Å². The average molecular weight is 393 g/mol. The van der Waals surface area contributed by atoms with E-state index in [-0.39, 0.29) is 41.1 Å². The average Bonchev–Trinajstić information content (AvgIpc) is 3.07. The van der Waals surface area contributed by atoms with Gasteiger partial charge in [0.1, 0.15) is 4.90 Å². The van der Waals surface area contributed by atoms with E-state index in [1.165, 1.54) is 25.3 Å². The first-order valence-corrected chi connectivity index (χ1v) is 10.6. The summed E-state index contributed by atoms with van der Waals surface area (Å²) < 4.78 is 31.0. The number of amides is 2. The molecule has 3 aliphatic rings. The molecule has 3 heterocycles. The number of carbonyl (C=O) groups is 2. The van der Waals surface area contributed by atoms with Gasteiger partial charge in [0.2, 0.25) is 0 Å². The molecule has 0 aromatic heterocycles. The van der Waals surface area contributed by atoms with Crippen LogP contribution in [0, 0.1) is 0 Å². The van der Waals surface area contributed by atoms with Crippen LogP contribution < -0.4 is 10.6 Å². The zero-order valence-electron chi connectivity index (χ0n) is 15.1. The van der Waals surface area contributed by atoms with Gasteiger partial charge in [-0.2, -0.15) is 0 Å². The minimum atomic E-state index is -3.95. The van der Waals surface area contributed by atoms with E-state index in [4.69, 9.17) is 4.74 Å². The summed E-state index contributed by atoms with van der Waals surface area (Å²) in [7, 11) is -2.51. The van der Waals surface area contributed by atoms with Crippen molar-refractivity contribution in [2.24, 2.45) is 0 Å². The van der Waals surface area contributed by atoms with E-state index in [1.54, 1.807) is 0 Å². The molecular weight excluding hydrogens is 370 g/mol. The molecule has 1 aromatic rings. The number of piperidine rings is 1. The van der Waals surface area contributed by atoms with Crippen LogP contribution in [0.4, 0.5) is 0 Å².